The van der Waals surface area contributed by atoms with Crippen LogP contribution in [0, 0.1) is 0 Å². The number of nitrogens with zero attached hydrogens (tertiary/aromatic N) is 2. The second kappa shape index (κ2) is 6.93. The highest BCUT2D eigenvalue weighted by molar-refractivity contribution is 5.03. The number of hydrogen-bond donors (Lipinski definition) is 1. The van der Waals surface area contributed by atoms with Crippen LogP contribution < -0.4 is 5.32 Å². The number of alkyl halides is 3. The highest BCUT2D eigenvalue weighted by Gasteiger charge is 2.39. The highest BCUT2D eigenvalue weighted by Crippen LogP contribution is 2.23. The van der Waals surface area contributed by atoms with E-state index in [1.165, 1.54) is 0 Å². The van der Waals surface area contributed by atoms with Crippen molar-refractivity contribution < 1.29 is 13.2 Å². The van der Waals surface area contributed by atoms with Crippen LogP contribution in [0.15, 0.2) is 12.3 Å². The van der Waals surface area contributed by atoms with E-state index in [1.807, 2.05) is 20.8 Å². The minimum absolute atomic E-state index is 0.118. The largest absolute Gasteiger partial charge is 0.404 e. The maximum Gasteiger partial charge on any atom is 0.404 e. The lowest BCUT2D eigenvalue weighted by atomic mass is 10.1. The average molecular weight is 277 g/mol. The first-order valence-corrected chi connectivity index (χ1v) is 6.72. The molecule has 3 nitrogen and oxygen atoms in total. The molecule has 2 unspecified atom stereocenters. The van der Waals surface area contributed by atoms with Crippen molar-refractivity contribution in [3.05, 3.63) is 18.0 Å². The van der Waals surface area contributed by atoms with Crippen LogP contribution >= 0.6 is 0 Å². The van der Waals surface area contributed by atoms with E-state index < -0.39 is 12.2 Å². The van der Waals surface area contributed by atoms with Crippen LogP contribution in [-0.4, -0.2) is 28.5 Å². The van der Waals surface area contributed by atoms with Crippen molar-refractivity contribution in [2.45, 2.75) is 58.3 Å². The molecule has 0 aliphatic carbocycles. The Bertz CT molecular complexity index is 373. The van der Waals surface area contributed by atoms with Crippen LogP contribution in [0.4, 0.5) is 13.2 Å². The Kier molecular flexibility index (Phi) is 5.85. The Labute approximate surface area is 112 Å². The van der Waals surface area contributed by atoms with Crippen LogP contribution in [0.3, 0.4) is 0 Å². The average Bonchev–Trinajstić information content (AvgIpc) is 2.80. The number of hydrogen-bond acceptors (Lipinski definition) is 2. The quantitative estimate of drug-likeness (QED) is 0.828. The fourth-order valence-electron chi connectivity index (χ4n) is 1.75. The minimum atomic E-state index is -4.24. The molecule has 1 aromatic rings. The minimum Gasteiger partial charge on any atom is -0.306 e. The summed E-state index contributed by atoms with van der Waals surface area (Å²) < 4.78 is 40.3. The Morgan fingerprint density at radius 3 is 2.58 bits per heavy atom. The van der Waals surface area contributed by atoms with E-state index in [0.29, 0.717) is 18.7 Å². The third-order valence-electron chi connectivity index (χ3n) is 3.16. The van der Waals surface area contributed by atoms with Crippen molar-refractivity contribution in [2.24, 2.45) is 0 Å². The van der Waals surface area contributed by atoms with Gasteiger partial charge in [-0.2, -0.15) is 18.3 Å². The molecular weight excluding hydrogens is 255 g/mol. The molecule has 0 amide bonds. The van der Waals surface area contributed by atoms with E-state index in [1.54, 1.807) is 16.9 Å². The number of rotatable bonds is 7. The first kappa shape index (κ1) is 16.0. The van der Waals surface area contributed by atoms with Crippen LogP contribution in [0.25, 0.3) is 0 Å². The van der Waals surface area contributed by atoms with Crippen molar-refractivity contribution in [3.63, 3.8) is 0 Å². The van der Waals surface area contributed by atoms with E-state index >= 15 is 0 Å². The molecule has 0 spiro atoms. The van der Waals surface area contributed by atoms with E-state index in [9.17, 15) is 13.2 Å². The van der Waals surface area contributed by atoms with Gasteiger partial charge in [0.15, 0.2) is 0 Å². The number of nitrogens with one attached hydrogen (secondary N) is 1. The smallest absolute Gasteiger partial charge is 0.306 e. The van der Waals surface area contributed by atoms with Crippen LogP contribution in [-0.2, 0) is 6.42 Å². The van der Waals surface area contributed by atoms with E-state index in [0.717, 1.165) is 6.42 Å². The van der Waals surface area contributed by atoms with Crippen molar-refractivity contribution in [3.8, 4) is 0 Å². The maximum absolute atomic E-state index is 12.9. The second-order valence-corrected chi connectivity index (χ2v) is 4.80. The summed E-state index contributed by atoms with van der Waals surface area (Å²) in [6.45, 7) is 6.22. The normalized spacial score (nSPS) is 15.5. The molecule has 19 heavy (non-hydrogen) atoms. The lowest BCUT2D eigenvalue weighted by molar-refractivity contribution is -0.155. The van der Waals surface area contributed by atoms with Gasteiger partial charge in [0.1, 0.15) is 6.04 Å². The second-order valence-electron chi connectivity index (χ2n) is 4.80. The van der Waals surface area contributed by atoms with Gasteiger partial charge in [-0.3, -0.25) is 4.68 Å². The Morgan fingerprint density at radius 2 is 2.05 bits per heavy atom. The van der Waals surface area contributed by atoms with Gasteiger partial charge >= 0.3 is 6.18 Å². The monoisotopic (exact) mass is 277 g/mol. The predicted octanol–water partition coefficient (Wildman–Crippen LogP) is 3.33. The summed E-state index contributed by atoms with van der Waals surface area (Å²) in [5.74, 6) is 0. The van der Waals surface area contributed by atoms with E-state index in [2.05, 4.69) is 10.4 Å². The molecule has 0 fully saturated rings. The van der Waals surface area contributed by atoms with E-state index in [4.69, 9.17) is 0 Å². The standard InChI is InChI=1S/C13H22F3N3/c1-4-7-17-12(13(14,15)16)9-11-6-8-19(18-11)10(3)5-2/h6,8,10,12,17H,4-5,7,9H2,1-3H3. The van der Waals surface area contributed by atoms with Gasteiger partial charge in [-0.1, -0.05) is 13.8 Å². The first-order chi connectivity index (χ1) is 8.88. The maximum atomic E-state index is 12.9. The highest BCUT2D eigenvalue weighted by atomic mass is 19.4. The fourth-order valence-corrected chi connectivity index (χ4v) is 1.75. The van der Waals surface area contributed by atoms with Crippen molar-refractivity contribution in [2.75, 3.05) is 6.54 Å². The summed E-state index contributed by atoms with van der Waals surface area (Å²) in [5, 5.41) is 6.76. The molecule has 1 heterocycles. The molecule has 1 aromatic heterocycles. The molecule has 0 saturated heterocycles. The van der Waals surface area contributed by atoms with Gasteiger partial charge < -0.3 is 5.32 Å². The third-order valence-corrected chi connectivity index (χ3v) is 3.16. The molecule has 1 rings (SSSR count). The SMILES string of the molecule is CCCNC(Cc1ccn(C(C)CC)n1)C(F)(F)F. The van der Waals surface area contributed by atoms with Gasteiger partial charge in [0.25, 0.3) is 0 Å². The lowest BCUT2D eigenvalue weighted by Gasteiger charge is -2.20. The zero-order valence-corrected chi connectivity index (χ0v) is 11.7. The van der Waals surface area contributed by atoms with Gasteiger partial charge in [0.2, 0.25) is 0 Å². The predicted molar refractivity (Wildman–Crippen MR) is 69.1 cm³/mol. The molecule has 0 aromatic carbocycles. The van der Waals surface area contributed by atoms with Crippen molar-refractivity contribution >= 4 is 0 Å². The van der Waals surface area contributed by atoms with Crippen molar-refractivity contribution in [1.82, 2.24) is 15.1 Å². The van der Waals surface area contributed by atoms with Crippen molar-refractivity contribution in [1.29, 1.82) is 0 Å². The zero-order chi connectivity index (χ0) is 14.5. The summed E-state index contributed by atoms with van der Waals surface area (Å²) in [6.07, 6.45) is -1.04. The summed E-state index contributed by atoms with van der Waals surface area (Å²) >= 11 is 0. The molecule has 0 radical (unpaired) electrons. The summed E-state index contributed by atoms with van der Waals surface area (Å²) in [7, 11) is 0. The first-order valence-electron chi connectivity index (χ1n) is 6.72. The molecule has 0 aliphatic heterocycles. The van der Waals surface area contributed by atoms with Gasteiger partial charge in [0.05, 0.1) is 5.69 Å². The Balaban J connectivity index is 2.70. The zero-order valence-electron chi connectivity index (χ0n) is 11.7. The summed E-state index contributed by atoms with van der Waals surface area (Å²) in [6, 6.07) is 0.354. The fraction of sp³-hybridized carbons (Fsp3) is 0.769. The van der Waals surface area contributed by atoms with Crippen LogP contribution in [0.1, 0.15) is 45.3 Å². The third kappa shape index (κ3) is 4.86. The Hall–Kier alpha value is -1.04. The number of halogens is 3. The molecular formula is C13H22F3N3. The van der Waals surface area contributed by atoms with Gasteiger partial charge in [0, 0.05) is 18.7 Å². The lowest BCUT2D eigenvalue weighted by Crippen LogP contribution is -2.44. The Morgan fingerprint density at radius 1 is 1.37 bits per heavy atom. The molecule has 2 atom stereocenters. The summed E-state index contributed by atoms with van der Waals surface area (Å²) in [4.78, 5) is 0. The van der Waals surface area contributed by atoms with E-state index in [-0.39, 0.29) is 12.5 Å². The molecule has 0 saturated carbocycles. The number of aromatic nitrogens is 2. The molecule has 6 heteroatoms. The van der Waals surface area contributed by atoms with Crippen LogP contribution in [0.5, 0.6) is 0 Å². The van der Waals surface area contributed by atoms with Gasteiger partial charge in [-0.15, -0.1) is 0 Å². The molecule has 110 valence electrons. The van der Waals surface area contributed by atoms with Gasteiger partial charge in [-0.05, 0) is 32.4 Å². The van der Waals surface area contributed by atoms with Crippen LogP contribution in [0.2, 0.25) is 0 Å². The topological polar surface area (TPSA) is 29.9 Å². The summed E-state index contributed by atoms with van der Waals surface area (Å²) in [5.41, 5.74) is 0.478. The molecule has 1 N–H and O–H groups in total. The molecule has 0 aliphatic rings. The van der Waals surface area contributed by atoms with Gasteiger partial charge in [-0.25, -0.2) is 0 Å². The molecule has 0 bridgehead atoms.